The van der Waals surface area contributed by atoms with E-state index in [0.717, 1.165) is 42.6 Å². The normalized spacial score (nSPS) is 19.6. The lowest BCUT2D eigenvalue weighted by atomic mass is 9.95. The Balaban J connectivity index is 0.000000158. The summed E-state index contributed by atoms with van der Waals surface area (Å²) in [5, 5.41) is 17.9. The SMILES string of the molecule is CC1CCN([C@@H](C)COc2ccccc2)C1.C[C@H]1CCOc2ccc(O)cc21.Oc1ccccc1. The summed E-state index contributed by atoms with van der Waals surface area (Å²) >= 11 is 0. The average molecular weight is 478 g/mol. The number of ether oxygens (including phenoxy) is 2. The lowest BCUT2D eigenvalue weighted by Gasteiger charge is -2.24. The molecule has 1 saturated heterocycles. The number of rotatable bonds is 4. The molecule has 3 aromatic carbocycles. The number of aromatic hydroxyl groups is 2. The van der Waals surface area contributed by atoms with Gasteiger partial charge >= 0.3 is 0 Å². The zero-order chi connectivity index (χ0) is 25.0. The van der Waals surface area contributed by atoms with E-state index in [9.17, 15) is 5.11 Å². The van der Waals surface area contributed by atoms with E-state index >= 15 is 0 Å². The van der Waals surface area contributed by atoms with Crippen molar-refractivity contribution in [2.75, 3.05) is 26.3 Å². The Morgan fingerprint density at radius 2 is 1.60 bits per heavy atom. The summed E-state index contributed by atoms with van der Waals surface area (Å²) in [6.07, 6.45) is 2.37. The molecular weight excluding hydrogens is 438 g/mol. The second-order valence-electron chi connectivity index (χ2n) is 9.46. The highest BCUT2D eigenvalue weighted by Gasteiger charge is 2.23. The first-order valence-corrected chi connectivity index (χ1v) is 12.5. The van der Waals surface area contributed by atoms with E-state index in [0.29, 0.717) is 23.5 Å². The van der Waals surface area contributed by atoms with Crippen LogP contribution in [0, 0.1) is 5.92 Å². The van der Waals surface area contributed by atoms with Gasteiger partial charge in [-0.25, -0.2) is 0 Å². The maximum absolute atomic E-state index is 9.25. The van der Waals surface area contributed by atoms with Crippen LogP contribution in [0.5, 0.6) is 23.0 Å². The lowest BCUT2D eigenvalue weighted by Crippen LogP contribution is -2.35. The van der Waals surface area contributed by atoms with E-state index < -0.39 is 0 Å². The van der Waals surface area contributed by atoms with Crippen LogP contribution >= 0.6 is 0 Å². The van der Waals surface area contributed by atoms with Crippen molar-refractivity contribution >= 4 is 0 Å². The molecule has 5 nitrogen and oxygen atoms in total. The van der Waals surface area contributed by atoms with Crippen LogP contribution in [0.3, 0.4) is 0 Å². The number of likely N-dealkylation sites (tertiary alicyclic amines) is 1. The standard InChI is InChI=1S/C14H21NO.C10H12O2.C6H6O/c1-12-8-9-15(10-12)13(2)11-16-14-6-4-3-5-7-14;1-7-4-5-12-10-3-2-8(11)6-9(7)10;7-6-4-2-1-3-5-6/h3-7,12-13H,8-11H2,1-2H3;2-3,6-7,11H,4-5H2,1H3;1-5,7H/t12?,13-;7-;/m00./s1. The third-order valence-corrected chi connectivity index (χ3v) is 6.40. The van der Waals surface area contributed by atoms with Crippen molar-refractivity contribution in [3.8, 4) is 23.0 Å². The average Bonchev–Trinajstić information content (AvgIpc) is 3.31. The molecule has 0 saturated carbocycles. The van der Waals surface area contributed by atoms with Crippen LogP contribution in [0.15, 0.2) is 78.9 Å². The molecule has 0 spiro atoms. The molecule has 5 heteroatoms. The minimum absolute atomic E-state index is 0.322. The van der Waals surface area contributed by atoms with Gasteiger partial charge < -0.3 is 19.7 Å². The molecule has 0 amide bonds. The van der Waals surface area contributed by atoms with Gasteiger partial charge in [-0.15, -0.1) is 0 Å². The van der Waals surface area contributed by atoms with Gasteiger partial charge in [0, 0.05) is 18.2 Å². The van der Waals surface area contributed by atoms with E-state index in [4.69, 9.17) is 14.6 Å². The number of nitrogens with zero attached hydrogens (tertiary/aromatic N) is 1. The van der Waals surface area contributed by atoms with E-state index in [1.54, 1.807) is 36.4 Å². The zero-order valence-corrected chi connectivity index (χ0v) is 21.1. The minimum atomic E-state index is 0.322. The second kappa shape index (κ2) is 13.6. The third-order valence-electron chi connectivity index (χ3n) is 6.40. The number of para-hydroxylation sites is 2. The Hall–Kier alpha value is -3.18. The first-order valence-electron chi connectivity index (χ1n) is 12.5. The fraction of sp³-hybridized carbons (Fsp3) is 0.400. The van der Waals surface area contributed by atoms with E-state index in [1.165, 1.54) is 19.5 Å². The lowest BCUT2D eigenvalue weighted by molar-refractivity contribution is 0.169. The van der Waals surface area contributed by atoms with Gasteiger partial charge in [0.25, 0.3) is 0 Å². The second-order valence-corrected chi connectivity index (χ2v) is 9.46. The molecule has 3 atom stereocenters. The molecule has 2 N–H and O–H groups in total. The van der Waals surface area contributed by atoms with Crippen LogP contribution in [0.4, 0.5) is 0 Å². The molecule has 0 aliphatic carbocycles. The van der Waals surface area contributed by atoms with Gasteiger partial charge in [0.1, 0.15) is 29.6 Å². The maximum atomic E-state index is 9.25. The first kappa shape index (κ1) is 26.4. The van der Waals surface area contributed by atoms with Crippen LogP contribution in [-0.4, -0.2) is 47.5 Å². The van der Waals surface area contributed by atoms with Crippen LogP contribution < -0.4 is 9.47 Å². The molecule has 35 heavy (non-hydrogen) atoms. The van der Waals surface area contributed by atoms with E-state index in [1.807, 2.05) is 42.5 Å². The molecule has 2 aliphatic rings. The van der Waals surface area contributed by atoms with Gasteiger partial charge in [0.2, 0.25) is 0 Å². The number of benzene rings is 3. The number of hydrogen-bond acceptors (Lipinski definition) is 5. The topological polar surface area (TPSA) is 62.2 Å². The van der Waals surface area contributed by atoms with Crippen LogP contribution in [-0.2, 0) is 0 Å². The van der Waals surface area contributed by atoms with Gasteiger partial charge in [-0.1, -0.05) is 50.2 Å². The van der Waals surface area contributed by atoms with Crippen molar-refractivity contribution < 1.29 is 19.7 Å². The summed E-state index contributed by atoms with van der Waals surface area (Å²) in [6, 6.07) is 24.6. The van der Waals surface area contributed by atoms with E-state index in [2.05, 4.69) is 25.7 Å². The van der Waals surface area contributed by atoms with Crippen LogP contribution in [0.2, 0.25) is 0 Å². The number of phenolic OH excluding ortho intramolecular Hbond substituents is 2. The molecule has 5 rings (SSSR count). The molecule has 2 aliphatic heterocycles. The predicted molar refractivity (Wildman–Crippen MR) is 141 cm³/mol. The molecule has 0 bridgehead atoms. The first-order chi connectivity index (χ1) is 16.9. The molecule has 0 radical (unpaired) electrons. The fourth-order valence-electron chi connectivity index (χ4n) is 4.19. The van der Waals surface area contributed by atoms with Crippen molar-refractivity contribution in [2.24, 2.45) is 5.92 Å². The largest absolute Gasteiger partial charge is 0.508 e. The Bertz CT molecular complexity index is 996. The van der Waals surface area contributed by atoms with Crippen LogP contribution in [0.1, 0.15) is 45.1 Å². The highest BCUT2D eigenvalue weighted by atomic mass is 16.5. The van der Waals surface area contributed by atoms with Crippen molar-refractivity contribution in [3.05, 3.63) is 84.4 Å². The molecule has 2 heterocycles. The molecule has 3 aromatic rings. The van der Waals surface area contributed by atoms with E-state index in [-0.39, 0.29) is 0 Å². The van der Waals surface area contributed by atoms with Gasteiger partial charge in [-0.05, 0) is 80.6 Å². The molecular formula is C30H39NO4. The maximum Gasteiger partial charge on any atom is 0.123 e. The van der Waals surface area contributed by atoms with Crippen LogP contribution in [0.25, 0.3) is 0 Å². The van der Waals surface area contributed by atoms with Crippen molar-refractivity contribution in [2.45, 2.75) is 45.6 Å². The highest BCUT2D eigenvalue weighted by molar-refractivity contribution is 5.42. The number of hydrogen-bond donors (Lipinski definition) is 2. The van der Waals surface area contributed by atoms with Crippen molar-refractivity contribution in [1.29, 1.82) is 0 Å². The Kier molecular flexibility index (Phi) is 10.3. The third kappa shape index (κ3) is 8.84. The summed E-state index contributed by atoms with van der Waals surface area (Å²) in [4.78, 5) is 2.52. The Labute approximate surface area is 210 Å². The fourth-order valence-corrected chi connectivity index (χ4v) is 4.19. The van der Waals surface area contributed by atoms with Gasteiger partial charge in [0.15, 0.2) is 0 Å². The smallest absolute Gasteiger partial charge is 0.123 e. The number of phenols is 2. The highest BCUT2D eigenvalue weighted by Crippen LogP contribution is 2.35. The molecule has 1 fully saturated rings. The van der Waals surface area contributed by atoms with Crippen molar-refractivity contribution in [1.82, 2.24) is 4.90 Å². The predicted octanol–water partition coefficient (Wildman–Crippen LogP) is 6.47. The molecule has 1 unspecified atom stereocenters. The summed E-state index contributed by atoms with van der Waals surface area (Å²) in [5.74, 6) is 3.89. The zero-order valence-electron chi connectivity index (χ0n) is 21.1. The summed E-state index contributed by atoms with van der Waals surface area (Å²) in [7, 11) is 0. The minimum Gasteiger partial charge on any atom is -0.508 e. The Morgan fingerprint density at radius 1 is 0.914 bits per heavy atom. The monoisotopic (exact) mass is 477 g/mol. The summed E-state index contributed by atoms with van der Waals surface area (Å²) < 4.78 is 11.2. The van der Waals surface area contributed by atoms with Gasteiger partial charge in [-0.3, -0.25) is 4.90 Å². The molecule has 0 aromatic heterocycles. The Morgan fingerprint density at radius 3 is 2.20 bits per heavy atom. The van der Waals surface area contributed by atoms with Crippen molar-refractivity contribution in [3.63, 3.8) is 0 Å². The summed E-state index contributed by atoms with van der Waals surface area (Å²) in [6.45, 7) is 10.8. The molecule has 188 valence electrons. The number of fused-ring (bicyclic) bond motifs is 1. The van der Waals surface area contributed by atoms with Gasteiger partial charge in [-0.2, -0.15) is 0 Å². The van der Waals surface area contributed by atoms with Gasteiger partial charge in [0.05, 0.1) is 6.61 Å². The summed E-state index contributed by atoms with van der Waals surface area (Å²) in [5.41, 5.74) is 1.13. The quantitative estimate of drug-likeness (QED) is 0.451.